The molecule has 2 aliphatic rings. The van der Waals surface area contributed by atoms with Gasteiger partial charge in [0.25, 0.3) is 5.91 Å². The van der Waals surface area contributed by atoms with E-state index in [0.717, 1.165) is 54.4 Å². The number of hydrogen-bond donors (Lipinski definition) is 1. The smallest absolute Gasteiger partial charge is 0.303 e. The van der Waals surface area contributed by atoms with Crippen molar-refractivity contribution in [2.24, 2.45) is 5.92 Å². The number of pyridine rings is 1. The third kappa shape index (κ3) is 3.72. The van der Waals surface area contributed by atoms with Crippen LogP contribution in [0.25, 0.3) is 11.1 Å². The van der Waals surface area contributed by atoms with E-state index in [-0.39, 0.29) is 18.4 Å². The SMILES string of the molecule is O=C(O)CC[C@H]1CC[C@H](N2Cc3ccc(-c4ccncc4)cc3C2=O)CC1. The van der Waals surface area contributed by atoms with Crippen LogP contribution in [-0.2, 0) is 11.3 Å². The second kappa shape index (κ2) is 7.51. The second-order valence-corrected chi connectivity index (χ2v) is 7.65. The number of benzene rings is 1. The predicted molar refractivity (Wildman–Crippen MR) is 102 cm³/mol. The number of aromatic nitrogens is 1. The van der Waals surface area contributed by atoms with E-state index < -0.39 is 5.97 Å². The van der Waals surface area contributed by atoms with Crippen LogP contribution in [-0.4, -0.2) is 32.9 Å². The van der Waals surface area contributed by atoms with Crippen LogP contribution in [0.1, 0.15) is 54.4 Å². The van der Waals surface area contributed by atoms with Crippen LogP contribution in [0, 0.1) is 5.92 Å². The number of carboxylic acid groups (broad SMARTS) is 1. The van der Waals surface area contributed by atoms with E-state index in [0.29, 0.717) is 12.5 Å². The van der Waals surface area contributed by atoms with Crippen molar-refractivity contribution in [2.45, 2.75) is 51.1 Å². The first-order valence-corrected chi connectivity index (χ1v) is 9.68. The van der Waals surface area contributed by atoms with Crippen LogP contribution in [0.2, 0.25) is 0 Å². The maximum absolute atomic E-state index is 13.0. The summed E-state index contributed by atoms with van der Waals surface area (Å²) >= 11 is 0. The van der Waals surface area contributed by atoms with Crippen LogP contribution in [0.15, 0.2) is 42.7 Å². The molecule has 5 nitrogen and oxygen atoms in total. The molecule has 1 aliphatic heterocycles. The van der Waals surface area contributed by atoms with Crippen LogP contribution in [0.3, 0.4) is 0 Å². The maximum Gasteiger partial charge on any atom is 0.303 e. The van der Waals surface area contributed by atoms with E-state index in [1.54, 1.807) is 12.4 Å². The van der Waals surface area contributed by atoms with E-state index in [1.165, 1.54) is 0 Å². The molecule has 1 amide bonds. The molecular weight excluding hydrogens is 340 g/mol. The highest BCUT2D eigenvalue weighted by Gasteiger charge is 2.35. The zero-order valence-corrected chi connectivity index (χ0v) is 15.3. The van der Waals surface area contributed by atoms with Crippen molar-refractivity contribution in [3.05, 3.63) is 53.9 Å². The van der Waals surface area contributed by atoms with Gasteiger partial charge in [-0.2, -0.15) is 0 Å². The Morgan fingerprint density at radius 3 is 2.52 bits per heavy atom. The van der Waals surface area contributed by atoms with Crippen molar-refractivity contribution >= 4 is 11.9 Å². The first-order chi connectivity index (χ1) is 13.1. The first-order valence-electron chi connectivity index (χ1n) is 9.68. The van der Waals surface area contributed by atoms with Crippen molar-refractivity contribution in [1.29, 1.82) is 0 Å². The van der Waals surface area contributed by atoms with Gasteiger partial charge < -0.3 is 10.0 Å². The molecule has 2 heterocycles. The van der Waals surface area contributed by atoms with Crippen molar-refractivity contribution < 1.29 is 14.7 Å². The van der Waals surface area contributed by atoms with Crippen molar-refractivity contribution in [1.82, 2.24) is 9.88 Å². The predicted octanol–water partition coefficient (Wildman–Crippen LogP) is 4.13. The lowest BCUT2D eigenvalue weighted by Crippen LogP contribution is -2.38. The summed E-state index contributed by atoms with van der Waals surface area (Å²) in [6, 6.07) is 10.3. The average Bonchev–Trinajstić information content (AvgIpc) is 3.03. The zero-order valence-electron chi connectivity index (χ0n) is 15.3. The highest BCUT2D eigenvalue weighted by atomic mass is 16.4. The monoisotopic (exact) mass is 364 g/mol. The molecule has 0 atom stereocenters. The van der Waals surface area contributed by atoms with E-state index in [4.69, 9.17) is 5.11 Å². The molecule has 27 heavy (non-hydrogen) atoms. The lowest BCUT2D eigenvalue weighted by Gasteiger charge is -2.34. The minimum absolute atomic E-state index is 0.134. The van der Waals surface area contributed by atoms with Crippen LogP contribution in [0.4, 0.5) is 0 Å². The molecule has 1 saturated carbocycles. The van der Waals surface area contributed by atoms with E-state index in [9.17, 15) is 9.59 Å². The number of carbonyl (C=O) groups is 2. The minimum Gasteiger partial charge on any atom is -0.481 e. The van der Waals surface area contributed by atoms with Gasteiger partial charge in [0.05, 0.1) is 0 Å². The molecule has 2 aromatic rings. The molecule has 0 bridgehead atoms. The summed E-state index contributed by atoms with van der Waals surface area (Å²) in [5, 5.41) is 8.85. The summed E-state index contributed by atoms with van der Waals surface area (Å²) in [6.45, 7) is 0.690. The Morgan fingerprint density at radius 2 is 1.81 bits per heavy atom. The molecule has 1 aliphatic carbocycles. The van der Waals surface area contributed by atoms with Gasteiger partial charge in [0.2, 0.25) is 0 Å². The molecule has 1 aromatic carbocycles. The number of carboxylic acids is 1. The summed E-state index contributed by atoms with van der Waals surface area (Å²) in [5.41, 5.74) is 4.03. The molecule has 1 fully saturated rings. The van der Waals surface area contributed by atoms with Gasteiger partial charge in [-0.25, -0.2) is 0 Å². The Labute approximate surface area is 159 Å². The number of aliphatic carboxylic acids is 1. The molecule has 1 N–H and O–H groups in total. The fourth-order valence-electron chi connectivity index (χ4n) is 4.42. The van der Waals surface area contributed by atoms with Gasteiger partial charge in [0.15, 0.2) is 0 Å². The van der Waals surface area contributed by atoms with E-state index in [2.05, 4.69) is 17.1 Å². The van der Waals surface area contributed by atoms with E-state index in [1.807, 2.05) is 23.1 Å². The average molecular weight is 364 g/mol. The van der Waals surface area contributed by atoms with Gasteiger partial charge in [-0.15, -0.1) is 0 Å². The topological polar surface area (TPSA) is 70.5 Å². The summed E-state index contributed by atoms with van der Waals surface area (Å²) < 4.78 is 0. The molecule has 0 radical (unpaired) electrons. The number of amides is 1. The third-order valence-corrected chi connectivity index (χ3v) is 5.98. The molecule has 5 heteroatoms. The minimum atomic E-state index is -0.715. The lowest BCUT2D eigenvalue weighted by molar-refractivity contribution is -0.137. The Morgan fingerprint density at radius 1 is 1.07 bits per heavy atom. The van der Waals surface area contributed by atoms with Crippen LogP contribution < -0.4 is 0 Å². The standard InChI is InChI=1S/C22H24N2O3/c25-21(26)8-3-15-1-6-19(7-2-15)24-14-18-5-4-17(13-20(18)22(24)27)16-9-11-23-12-10-16/h4-5,9-13,15,19H,1-3,6-8,14H2,(H,25,26)/t15-,19-. The highest BCUT2D eigenvalue weighted by molar-refractivity contribution is 5.99. The fraction of sp³-hybridized carbons (Fsp3) is 0.409. The molecule has 0 spiro atoms. The number of hydrogen-bond acceptors (Lipinski definition) is 3. The fourth-order valence-corrected chi connectivity index (χ4v) is 4.42. The first kappa shape index (κ1) is 17.7. The molecule has 0 saturated heterocycles. The van der Waals surface area contributed by atoms with Crippen molar-refractivity contribution in [2.75, 3.05) is 0 Å². The summed E-state index contributed by atoms with van der Waals surface area (Å²) in [6.07, 6.45) is 8.51. The normalized spacial score (nSPS) is 21.9. The summed E-state index contributed by atoms with van der Waals surface area (Å²) in [4.78, 5) is 29.8. The summed E-state index contributed by atoms with van der Waals surface area (Å²) in [5.74, 6) is -0.0992. The van der Waals surface area contributed by atoms with Crippen molar-refractivity contribution in [3.63, 3.8) is 0 Å². The van der Waals surface area contributed by atoms with Crippen LogP contribution >= 0.6 is 0 Å². The van der Waals surface area contributed by atoms with E-state index >= 15 is 0 Å². The molecule has 0 unspecified atom stereocenters. The number of carbonyl (C=O) groups excluding carboxylic acids is 1. The largest absolute Gasteiger partial charge is 0.481 e. The zero-order chi connectivity index (χ0) is 18.8. The Hall–Kier alpha value is -2.69. The Kier molecular flexibility index (Phi) is 4.92. The molecule has 4 rings (SSSR count). The lowest BCUT2D eigenvalue weighted by atomic mass is 9.83. The Bertz CT molecular complexity index is 842. The number of nitrogens with zero attached hydrogens (tertiary/aromatic N) is 2. The summed E-state index contributed by atoms with van der Waals surface area (Å²) in [7, 11) is 0. The molecule has 140 valence electrons. The Balaban J connectivity index is 1.43. The number of fused-ring (bicyclic) bond motifs is 1. The van der Waals surface area contributed by atoms with Gasteiger partial charge in [-0.05, 0) is 72.9 Å². The number of rotatable bonds is 5. The highest BCUT2D eigenvalue weighted by Crippen LogP contribution is 2.35. The van der Waals surface area contributed by atoms with Gasteiger partial charge >= 0.3 is 5.97 Å². The van der Waals surface area contributed by atoms with Gasteiger partial charge in [0.1, 0.15) is 0 Å². The van der Waals surface area contributed by atoms with Gasteiger partial charge in [-0.3, -0.25) is 14.6 Å². The van der Waals surface area contributed by atoms with Crippen molar-refractivity contribution in [3.8, 4) is 11.1 Å². The molecule has 1 aromatic heterocycles. The second-order valence-electron chi connectivity index (χ2n) is 7.65. The maximum atomic E-state index is 13.0. The quantitative estimate of drug-likeness (QED) is 0.866. The molecular formula is C22H24N2O3. The van der Waals surface area contributed by atoms with Gasteiger partial charge in [0, 0.05) is 37.0 Å². The van der Waals surface area contributed by atoms with Gasteiger partial charge in [-0.1, -0.05) is 12.1 Å². The van der Waals surface area contributed by atoms with Crippen LogP contribution in [0.5, 0.6) is 0 Å². The third-order valence-electron chi connectivity index (χ3n) is 5.98.